The van der Waals surface area contributed by atoms with Gasteiger partial charge in [0.2, 0.25) is 0 Å². The molecule has 0 amide bonds. The first kappa shape index (κ1) is 10.4. The Bertz CT molecular complexity index is 319. The second-order valence-corrected chi connectivity index (χ2v) is 5.21. The maximum Gasteiger partial charge on any atom is 0.594 e. The Morgan fingerprint density at radius 3 is 2.07 bits per heavy atom. The molecule has 1 aliphatic heterocycles. The van der Waals surface area contributed by atoms with Gasteiger partial charge in [-0.2, -0.15) is 0 Å². The standard InChI is InChI=1S/C12H17BO2/c1-12(2,3)8-9-13-14-10-6-4-5-7-11(10)15-13/h4-7H,8-9H2,1-3H3. The summed E-state index contributed by atoms with van der Waals surface area (Å²) in [5, 5.41) is 0. The summed E-state index contributed by atoms with van der Waals surface area (Å²) < 4.78 is 11.4. The smallest absolute Gasteiger partial charge is 0.523 e. The second-order valence-electron chi connectivity index (χ2n) is 5.21. The summed E-state index contributed by atoms with van der Waals surface area (Å²) in [4.78, 5) is 0. The highest BCUT2D eigenvalue weighted by Gasteiger charge is 2.32. The zero-order valence-corrected chi connectivity index (χ0v) is 9.62. The highest BCUT2D eigenvalue weighted by atomic mass is 16.6. The van der Waals surface area contributed by atoms with Gasteiger partial charge in [0.1, 0.15) is 11.5 Å². The summed E-state index contributed by atoms with van der Waals surface area (Å²) >= 11 is 0. The van der Waals surface area contributed by atoms with Crippen LogP contribution < -0.4 is 9.31 Å². The minimum Gasteiger partial charge on any atom is -0.523 e. The Morgan fingerprint density at radius 2 is 1.60 bits per heavy atom. The molecule has 80 valence electrons. The predicted molar refractivity (Wildman–Crippen MR) is 62.3 cm³/mol. The van der Waals surface area contributed by atoms with E-state index < -0.39 is 0 Å². The quantitative estimate of drug-likeness (QED) is 0.687. The molecule has 0 spiro atoms. The molecule has 0 bridgehead atoms. The summed E-state index contributed by atoms with van der Waals surface area (Å²) in [6.45, 7) is 6.69. The van der Waals surface area contributed by atoms with Crippen LogP contribution in [0.1, 0.15) is 27.2 Å². The van der Waals surface area contributed by atoms with Crippen LogP contribution in [0.25, 0.3) is 0 Å². The van der Waals surface area contributed by atoms with Gasteiger partial charge in [-0.05, 0) is 24.0 Å². The van der Waals surface area contributed by atoms with Gasteiger partial charge in [-0.25, -0.2) is 0 Å². The third-order valence-electron chi connectivity index (χ3n) is 2.50. The Kier molecular flexibility index (Phi) is 2.64. The van der Waals surface area contributed by atoms with Crippen molar-refractivity contribution in [3.05, 3.63) is 24.3 Å². The van der Waals surface area contributed by atoms with Crippen molar-refractivity contribution in [2.24, 2.45) is 5.41 Å². The molecule has 1 aliphatic rings. The molecule has 0 aromatic heterocycles. The van der Waals surface area contributed by atoms with Gasteiger partial charge in [0.05, 0.1) is 0 Å². The number of hydrogen-bond acceptors (Lipinski definition) is 2. The van der Waals surface area contributed by atoms with E-state index in [-0.39, 0.29) is 7.12 Å². The van der Waals surface area contributed by atoms with Crippen molar-refractivity contribution in [1.29, 1.82) is 0 Å². The molecule has 0 saturated heterocycles. The van der Waals surface area contributed by atoms with Crippen LogP contribution in [0.15, 0.2) is 24.3 Å². The number of benzene rings is 1. The molecule has 1 aromatic carbocycles. The van der Waals surface area contributed by atoms with Crippen molar-refractivity contribution in [1.82, 2.24) is 0 Å². The van der Waals surface area contributed by atoms with Gasteiger partial charge in [-0.15, -0.1) is 0 Å². The number of rotatable bonds is 2. The third kappa shape index (κ3) is 2.68. The normalized spacial score (nSPS) is 14.5. The molecular formula is C12H17BO2. The van der Waals surface area contributed by atoms with Crippen molar-refractivity contribution in [2.45, 2.75) is 33.5 Å². The Morgan fingerprint density at radius 1 is 1.07 bits per heavy atom. The summed E-state index contributed by atoms with van der Waals surface area (Å²) in [6.07, 6.45) is 2.05. The largest absolute Gasteiger partial charge is 0.594 e. The van der Waals surface area contributed by atoms with E-state index in [2.05, 4.69) is 20.8 Å². The lowest BCUT2D eigenvalue weighted by Gasteiger charge is -2.17. The Hall–Kier alpha value is -1.12. The van der Waals surface area contributed by atoms with Crippen LogP contribution in [0.3, 0.4) is 0 Å². The maximum atomic E-state index is 5.68. The van der Waals surface area contributed by atoms with Crippen LogP contribution >= 0.6 is 0 Å². The molecule has 0 radical (unpaired) electrons. The van der Waals surface area contributed by atoms with Crippen molar-refractivity contribution in [2.75, 3.05) is 0 Å². The van der Waals surface area contributed by atoms with Crippen LogP contribution in [-0.2, 0) is 0 Å². The number of fused-ring (bicyclic) bond motifs is 1. The van der Waals surface area contributed by atoms with E-state index in [1.165, 1.54) is 0 Å². The molecule has 1 aromatic rings. The minimum absolute atomic E-state index is 0.0957. The lowest BCUT2D eigenvalue weighted by Crippen LogP contribution is -2.25. The fourth-order valence-electron chi connectivity index (χ4n) is 1.62. The first-order valence-electron chi connectivity index (χ1n) is 5.47. The summed E-state index contributed by atoms with van der Waals surface area (Å²) in [5.41, 5.74) is 0.335. The monoisotopic (exact) mass is 204 g/mol. The van der Waals surface area contributed by atoms with E-state index in [1.807, 2.05) is 24.3 Å². The molecule has 15 heavy (non-hydrogen) atoms. The van der Waals surface area contributed by atoms with E-state index in [9.17, 15) is 0 Å². The lowest BCUT2D eigenvalue weighted by molar-refractivity contribution is 0.379. The van der Waals surface area contributed by atoms with Crippen LogP contribution in [-0.4, -0.2) is 7.12 Å². The first-order valence-corrected chi connectivity index (χ1v) is 5.47. The van der Waals surface area contributed by atoms with Gasteiger partial charge in [0.15, 0.2) is 0 Å². The summed E-state index contributed by atoms with van der Waals surface area (Å²) in [6, 6.07) is 7.83. The van der Waals surface area contributed by atoms with E-state index >= 15 is 0 Å². The zero-order chi connectivity index (χ0) is 10.9. The van der Waals surface area contributed by atoms with Crippen LogP contribution in [0, 0.1) is 5.41 Å². The van der Waals surface area contributed by atoms with Gasteiger partial charge < -0.3 is 9.31 Å². The Labute approximate surface area is 91.7 Å². The SMILES string of the molecule is CC(C)(C)CCB1Oc2ccccc2O1. The third-order valence-corrected chi connectivity index (χ3v) is 2.50. The lowest BCUT2D eigenvalue weighted by atomic mass is 9.76. The summed E-state index contributed by atoms with van der Waals surface area (Å²) in [5.74, 6) is 1.74. The molecule has 0 unspecified atom stereocenters. The van der Waals surface area contributed by atoms with Crippen molar-refractivity contribution >= 4 is 7.12 Å². The van der Waals surface area contributed by atoms with Crippen molar-refractivity contribution < 1.29 is 9.31 Å². The average Bonchev–Trinajstić information content (AvgIpc) is 2.56. The molecule has 2 nitrogen and oxygen atoms in total. The molecule has 0 N–H and O–H groups in total. The molecule has 1 heterocycles. The Balaban J connectivity index is 1.91. The first-order chi connectivity index (χ1) is 7.04. The topological polar surface area (TPSA) is 18.5 Å². The fraction of sp³-hybridized carbons (Fsp3) is 0.500. The molecule has 2 rings (SSSR count). The second kappa shape index (κ2) is 3.80. The van der Waals surface area contributed by atoms with E-state index in [1.54, 1.807) is 0 Å². The maximum absolute atomic E-state index is 5.68. The minimum atomic E-state index is -0.0957. The molecule has 0 fully saturated rings. The summed E-state index contributed by atoms with van der Waals surface area (Å²) in [7, 11) is -0.0957. The van der Waals surface area contributed by atoms with Crippen molar-refractivity contribution in [3.63, 3.8) is 0 Å². The fourth-order valence-corrected chi connectivity index (χ4v) is 1.62. The van der Waals surface area contributed by atoms with Gasteiger partial charge in [-0.3, -0.25) is 0 Å². The molecule has 0 atom stereocenters. The van der Waals surface area contributed by atoms with E-state index in [0.29, 0.717) is 5.41 Å². The van der Waals surface area contributed by atoms with Crippen molar-refractivity contribution in [3.8, 4) is 11.5 Å². The number of para-hydroxylation sites is 2. The van der Waals surface area contributed by atoms with Gasteiger partial charge in [0.25, 0.3) is 0 Å². The van der Waals surface area contributed by atoms with E-state index in [4.69, 9.17) is 9.31 Å². The van der Waals surface area contributed by atoms with Gasteiger partial charge in [0, 0.05) is 6.32 Å². The van der Waals surface area contributed by atoms with Crippen LogP contribution in [0.4, 0.5) is 0 Å². The predicted octanol–water partition coefficient (Wildman–Crippen LogP) is 3.38. The average molecular weight is 204 g/mol. The highest BCUT2D eigenvalue weighted by Crippen LogP contribution is 2.35. The van der Waals surface area contributed by atoms with Gasteiger partial charge in [-0.1, -0.05) is 32.9 Å². The molecule has 3 heteroatoms. The van der Waals surface area contributed by atoms with Crippen LogP contribution in [0.2, 0.25) is 6.32 Å². The van der Waals surface area contributed by atoms with Gasteiger partial charge >= 0.3 is 7.12 Å². The highest BCUT2D eigenvalue weighted by molar-refractivity contribution is 6.47. The van der Waals surface area contributed by atoms with E-state index in [0.717, 1.165) is 24.2 Å². The van der Waals surface area contributed by atoms with Crippen LogP contribution in [0.5, 0.6) is 11.5 Å². The number of hydrogen-bond donors (Lipinski definition) is 0. The molecule has 0 aliphatic carbocycles. The zero-order valence-electron chi connectivity index (χ0n) is 9.62. The molecule has 0 saturated carbocycles. The molecular weight excluding hydrogens is 187 g/mol.